The second kappa shape index (κ2) is 3.85. The van der Waals surface area contributed by atoms with E-state index in [9.17, 15) is 9.90 Å². The van der Waals surface area contributed by atoms with Gasteiger partial charge in [-0.1, -0.05) is 6.07 Å². The van der Waals surface area contributed by atoms with Crippen LogP contribution in [0.25, 0.3) is 10.9 Å². The molecule has 0 saturated heterocycles. The highest BCUT2D eigenvalue weighted by atomic mass is 16.5. The third-order valence-electron chi connectivity index (χ3n) is 5.36. The van der Waals surface area contributed by atoms with Crippen LogP contribution in [-0.4, -0.2) is 28.0 Å². The molecular formula is C16H18N2O3. The van der Waals surface area contributed by atoms with E-state index in [0.29, 0.717) is 0 Å². The summed E-state index contributed by atoms with van der Waals surface area (Å²) in [5.41, 5.74) is 1.52. The van der Waals surface area contributed by atoms with Gasteiger partial charge in [-0.05, 0) is 37.0 Å². The van der Waals surface area contributed by atoms with E-state index in [4.69, 9.17) is 4.74 Å². The maximum atomic E-state index is 11.7. The molecule has 1 unspecified atom stereocenters. The standard InChI is InChI=1S/C16H18N2O3/c1-18-12-4-3-10(5-11(12)6-17-18)13(19)15-7-16(8-15,9-15)14(20)21-2/h3-6,13,19H,7-9H2,1-2H3. The average Bonchev–Trinajstić information content (AvgIpc) is 2.76. The molecule has 0 amide bonds. The number of carbonyl (C=O) groups excluding carboxylic acids is 1. The Morgan fingerprint density at radius 3 is 2.81 bits per heavy atom. The summed E-state index contributed by atoms with van der Waals surface area (Å²) in [6, 6.07) is 5.94. The number of hydrogen-bond acceptors (Lipinski definition) is 4. The van der Waals surface area contributed by atoms with Crippen molar-refractivity contribution in [2.75, 3.05) is 7.11 Å². The molecule has 3 aliphatic rings. The molecule has 1 aromatic carbocycles. The van der Waals surface area contributed by atoms with Crippen molar-refractivity contribution >= 4 is 16.9 Å². The summed E-state index contributed by atoms with van der Waals surface area (Å²) < 4.78 is 6.67. The zero-order chi connectivity index (χ0) is 14.8. The van der Waals surface area contributed by atoms with Gasteiger partial charge in [0.25, 0.3) is 0 Å². The molecular weight excluding hydrogens is 268 g/mol. The highest BCUT2D eigenvalue weighted by Crippen LogP contribution is 2.77. The zero-order valence-corrected chi connectivity index (χ0v) is 12.2. The number of hydrogen-bond donors (Lipinski definition) is 1. The van der Waals surface area contributed by atoms with Crippen LogP contribution in [-0.2, 0) is 16.6 Å². The minimum Gasteiger partial charge on any atom is -0.469 e. The summed E-state index contributed by atoms with van der Waals surface area (Å²) in [4.78, 5) is 11.7. The van der Waals surface area contributed by atoms with Gasteiger partial charge in [0.15, 0.2) is 0 Å². The van der Waals surface area contributed by atoms with Gasteiger partial charge in [0.1, 0.15) is 0 Å². The van der Waals surface area contributed by atoms with E-state index in [2.05, 4.69) is 5.10 Å². The Kier molecular flexibility index (Phi) is 2.35. The van der Waals surface area contributed by atoms with Crippen molar-refractivity contribution in [3.8, 4) is 0 Å². The molecule has 1 heterocycles. The molecule has 110 valence electrons. The van der Waals surface area contributed by atoms with Gasteiger partial charge in [0.2, 0.25) is 0 Å². The fraction of sp³-hybridized carbons (Fsp3) is 0.500. The molecule has 5 heteroatoms. The maximum absolute atomic E-state index is 11.7. The molecule has 1 atom stereocenters. The summed E-state index contributed by atoms with van der Waals surface area (Å²) >= 11 is 0. The summed E-state index contributed by atoms with van der Waals surface area (Å²) in [5.74, 6) is -0.126. The predicted octanol–water partition coefficient (Wildman–Crippen LogP) is 1.95. The molecule has 3 saturated carbocycles. The van der Waals surface area contributed by atoms with E-state index < -0.39 is 6.10 Å². The van der Waals surface area contributed by atoms with Crippen molar-refractivity contribution in [1.29, 1.82) is 0 Å². The lowest BCUT2D eigenvalue weighted by atomic mass is 9.33. The second-order valence-electron chi connectivity index (χ2n) is 6.65. The Morgan fingerprint density at radius 1 is 1.43 bits per heavy atom. The Labute approximate surface area is 122 Å². The molecule has 5 nitrogen and oxygen atoms in total. The molecule has 5 rings (SSSR count). The van der Waals surface area contributed by atoms with Crippen LogP contribution in [0.2, 0.25) is 0 Å². The molecule has 3 aliphatic carbocycles. The predicted molar refractivity (Wildman–Crippen MR) is 76.4 cm³/mol. The number of carbonyl (C=O) groups is 1. The molecule has 0 aliphatic heterocycles. The first-order chi connectivity index (χ1) is 10.00. The van der Waals surface area contributed by atoms with Gasteiger partial charge in [-0.25, -0.2) is 0 Å². The number of aliphatic hydroxyl groups is 1. The summed E-state index contributed by atoms with van der Waals surface area (Å²) in [6.45, 7) is 0. The van der Waals surface area contributed by atoms with Crippen molar-refractivity contribution in [2.45, 2.75) is 25.4 Å². The van der Waals surface area contributed by atoms with E-state index in [1.54, 1.807) is 0 Å². The highest BCUT2D eigenvalue weighted by molar-refractivity contribution is 5.82. The van der Waals surface area contributed by atoms with Crippen LogP contribution in [0.1, 0.15) is 30.9 Å². The lowest BCUT2D eigenvalue weighted by molar-refractivity contribution is -0.260. The van der Waals surface area contributed by atoms with E-state index in [1.165, 1.54) is 7.11 Å². The number of methoxy groups -OCH3 is 1. The molecule has 0 spiro atoms. The van der Waals surface area contributed by atoms with Gasteiger partial charge in [0, 0.05) is 17.8 Å². The van der Waals surface area contributed by atoms with Gasteiger partial charge < -0.3 is 9.84 Å². The lowest BCUT2D eigenvalue weighted by Gasteiger charge is -2.70. The fourth-order valence-electron chi connectivity index (χ4n) is 4.30. The van der Waals surface area contributed by atoms with Gasteiger partial charge >= 0.3 is 5.97 Å². The Morgan fingerprint density at radius 2 is 2.14 bits per heavy atom. The van der Waals surface area contributed by atoms with Crippen molar-refractivity contribution in [1.82, 2.24) is 9.78 Å². The van der Waals surface area contributed by atoms with Gasteiger partial charge in [0.05, 0.1) is 30.3 Å². The zero-order valence-electron chi connectivity index (χ0n) is 12.2. The lowest BCUT2D eigenvalue weighted by Crippen LogP contribution is -2.67. The van der Waals surface area contributed by atoms with E-state index in [0.717, 1.165) is 35.7 Å². The van der Waals surface area contributed by atoms with Crippen LogP contribution < -0.4 is 0 Å². The fourth-order valence-corrected chi connectivity index (χ4v) is 4.30. The van der Waals surface area contributed by atoms with E-state index >= 15 is 0 Å². The number of rotatable bonds is 3. The quantitative estimate of drug-likeness (QED) is 0.876. The first-order valence-corrected chi connectivity index (χ1v) is 7.18. The summed E-state index contributed by atoms with van der Waals surface area (Å²) in [6.07, 6.45) is 3.49. The summed E-state index contributed by atoms with van der Waals surface area (Å²) in [7, 11) is 3.34. The van der Waals surface area contributed by atoms with Crippen LogP contribution in [0.15, 0.2) is 24.4 Å². The van der Waals surface area contributed by atoms with E-state index in [-0.39, 0.29) is 16.8 Å². The van der Waals surface area contributed by atoms with Crippen LogP contribution >= 0.6 is 0 Å². The Bertz CT molecular complexity index is 729. The molecule has 3 fully saturated rings. The smallest absolute Gasteiger partial charge is 0.311 e. The first-order valence-electron chi connectivity index (χ1n) is 7.18. The molecule has 2 aromatic rings. The number of aliphatic hydroxyl groups excluding tert-OH is 1. The van der Waals surface area contributed by atoms with Crippen LogP contribution in [0, 0.1) is 10.8 Å². The number of fused-ring (bicyclic) bond motifs is 1. The highest BCUT2D eigenvalue weighted by Gasteiger charge is 2.74. The number of esters is 1. The second-order valence-corrected chi connectivity index (χ2v) is 6.65. The van der Waals surface area contributed by atoms with Gasteiger partial charge in [-0.15, -0.1) is 0 Å². The number of benzene rings is 1. The number of ether oxygens (including phenoxy) is 1. The average molecular weight is 286 g/mol. The first kappa shape index (κ1) is 12.8. The molecule has 0 radical (unpaired) electrons. The van der Waals surface area contributed by atoms with Crippen molar-refractivity contribution < 1.29 is 14.6 Å². The van der Waals surface area contributed by atoms with Gasteiger partial charge in [-0.2, -0.15) is 5.10 Å². The van der Waals surface area contributed by atoms with Crippen molar-refractivity contribution in [3.63, 3.8) is 0 Å². The number of aromatic nitrogens is 2. The third-order valence-corrected chi connectivity index (χ3v) is 5.36. The largest absolute Gasteiger partial charge is 0.469 e. The number of aryl methyl sites for hydroxylation is 1. The minimum absolute atomic E-state index is 0.126. The third kappa shape index (κ3) is 1.50. The van der Waals surface area contributed by atoms with Crippen molar-refractivity contribution in [3.05, 3.63) is 30.0 Å². The SMILES string of the molecule is COC(=O)C12CC(C(O)c3ccc4c(cnn4C)c3)(C1)C2. The van der Waals surface area contributed by atoms with E-state index in [1.807, 2.05) is 36.1 Å². The Balaban J connectivity index is 1.58. The molecule has 2 bridgehead atoms. The van der Waals surface area contributed by atoms with Crippen LogP contribution in [0.4, 0.5) is 0 Å². The topological polar surface area (TPSA) is 64.3 Å². The maximum Gasteiger partial charge on any atom is 0.311 e. The summed E-state index contributed by atoms with van der Waals surface area (Å²) in [5, 5.41) is 15.9. The van der Waals surface area contributed by atoms with Gasteiger partial charge in [-0.3, -0.25) is 9.48 Å². The Hall–Kier alpha value is -1.88. The molecule has 21 heavy (non-hydrogen) atoms. The minimum atomic E-state index is -0.520. The van der Waals surface area contributed by atoms with Crippen LogP contribution in [0.3, 0.4) is 0 Å². The van der Waals surface area contributed by atoms with Crippen LogP contribution in [0.5, 0.6) is 0 Å². The monoisotopic (exact) mass is 286 g/mol. The number of nitrogens with zero attached hydrogens (tertiary/aromatic N) is 2. The normalized spacial score (nSPS) is 31.4. The molecule has 1 N–H and O–H groups in total. The van der Waals surface area contributed by atoms with Crippen molar-refractivity contribution in [2.24, 2.45) is 17.9 Å². The molecule has 1 aromatic heterocycles.